The van der Waals surface area contributed by atoms with E-state index in [0.717, 1.165) is 5.75 Å². The van der Waals surface area contributed by atoms with Crippen LogP contribution in [0.3, 0.4) is 0 Å². The van der Waals surface area contributed by atoms with E-state index in [4.69, 9.17) is 14.2 Å². The Morgan fingerprint density at radius 1 is 1.00 bits per heavy atom. The van der Waals surface area contributed by atoms with Gasteiger partial charge in [-0.1, -0.05) is 18.2 Å². The molecule has 0 unspecified atom stereocenters. The van der Waals surface area contributed by atoms with Gasteiger partial charge in [0, 0.05) is 37.1 Å². The standard InChI is InChI=1S/C26H22FNO5/c27-24-12-25-18(10-19(29)16-32-25)11-23(24)26(30)28-13-17(14-28)15-31-20-6-8-22(9-7-20)33-21-4-2-1-3-5-21/h1-9,11-12,17H,10,13-16H2. The highest BCUT2D eigenvalue weighted by atomic mass is 19.1. The van der Waals surface area contributed by atoms with Crippen molar-refractivity contribution in [1.82, 2.24) is 4.90 Å². The predicted molar refractivity (Wildman–Crippen MR) is 118 cm³/mol. The van der Waals surface area contributed by atoms with Gasteiger partial charge in [-0.2, -0.15) is 0 Å². The molecule has 0 radical (unpaired) electrons. The van der Waals surface area contributed by atoms with Gasteiger partial charge in [0.2, 0.25) is 0 Å². The number of likely N-dealkylation sites (tertiary alicyclic amines) is 1. The van der Waals surface area contributed by atoms with Crippen molar-refractivity contribution in [3.63, 3.8) is 0 Å². The van der Waals surface area contributed by atoms with E-state index in [9.17, 15) is 14.0 Å². The summed E-state index contributed by atoms with van der Waals surface area (Å²) >= 11 is 0. The van der Waals surface area contributed by atoms with Crippen molar-refractivity contribution in [2.75, 3.05) is 26.3 Å². The summed E-state index contributed by atoms with van der Waals surface area (Å²) in [6.07, 6.45) is 0.154. The Morgan fingerprint density at radius 2 is 1.70 bits per heavy atom. The summed E-state index contributed by atoms with van der Waals surface area (Å²) in [6, 6.07) is 19.5. The SMILES string of the molecule is O=C1COc2cc(F)c(C(=O)N3CC(COc4ccc(Oc5ccccc5)cc4)C3)cc2C1. The van der Waals surface area contributed by atoms with Crippen molar-refractivity contribution in [2.24, 2.45) is 5.92 Å². The minimum Gasteiger partial charge on any atom is -0.493 e. The molecule has 3 aromatic rings. The zero-order chi connectivity index (χ0) is 22.8. The zero-order valence-corrected chi connectivity index (χ0v) is 17.8. The first kappa shape index (κ1) is 21.0. The highest BCUT2D eigenvalue weighted by Gasteiger charge is 2.33. The van der Waals surface area contributed by atoms with Gasteiger partial charge >= 0.3 is 0 Å². The van der Waals surface area contributed by atoms with Gasteiger partial charge in [0.25, 0.3) is 5.91 Å². The van der Waals surface area contributed by atoms with Crippen LogP contribution >= 0.6 is 0 Å². The lowest BCUT2D eigenvalue weighted by Crippen LogP contribution is -2.52. The molecular weight excluding hydrogens is 425 g/mol. The smallest absolute Gasteiger partial charge is 0.256 e. The van der Waals surface area contributed by atoms with Crippen molar-refractivity contribution in [1.29, 1.82) is 0 Å². The van der Waals surface area contributed by atoms with Gasteiger partial charge in [-0.05, 0) is 42.5 Å². The van der Waals surface area contributed by atoms with Gasteiger partial charge in [-0.15, -0.1) is 0 Å². The van der Waals surface area contributed by atoms with Crippen LogP contribution in [-0.4, -0.2) is 42.9 Å². The van der Waals surface area contributed by atoms with E-state index < -0.39 is 5.82 Å². The molecule has 0 aromatic heterocycles. The summed E-state index contributed by atoms with van der Waals surface area (Å²) in [7, 11) is 0. The number of Topliss-reactive ketones (excluding diaryl/α,β-unsaturated/α-hetero) is 1. The second-order valence-corrected chi connectivity index (χ2v) is 8.22. The van der Waals surface area contributed by atoms with Crippen molar-refractivity contribution in [2.45, 2.75) is 6.42 Å². The van der Waals surface area contributed by atoms with Crippen LogP contribution in [0, 0.1) is 11.7 Å². The molecule has 168 valence electrons. The number of amides is 1. The molecule has 2 aliphatic heterocycles. The Kier molecular flexibility index (Phi) is 5.69. The van der Waals surface area contributed by atoms with Gasteiger partial charge in [-0.25, -0.2) is 4.39 Å². The van der Waals surface area contributed by atoms with Crippen molar-refractivity contribution in [3.8, 4) is 23.0 Å². The van der Waals surface area contributed by atoms with Gasteiger partial charge < -0.3 is 19.1 Å². The molecule has 1 saturated heterocycles. The molecule has 0 spiro atoms. The van der Waals surface area contributed by atoms with Crippen molar-refractivity contribution in [3.05, 3.63) is 83.7 Å². The number of para-hydroxylation sites is 1. The number of rotatable bonds is 6. The summed E-state index contributed by atoms with van der Waals surface area (Å²) < 4.78 is 31.3. The Balaban J connectivity index is 1.12. The minimum atomic E-state index is -0.634. The summed E-state index contributed by atoms with van der Waals surface area (Å²) in [5, 5.41) is 0. The molecule has 6 nitrogen and oxygen atoms in total. The fourth-order valence-electron chi connectivity index (χ4n) is 3.91. The van der Waals surface area contributed by atoms with Gasteiger partial charge in [-0.3, -0.25) is 9.59 Å². The molecular formula is C26H22FNO5. The second-order valence-electron chi connectivity index (χ2n) is 8.22. The van der Waals surface area contributed by atoms with Crippen LogP contribution in [0.15, 0.2) is 66.7 Å². The molecule has 0 saturated carbocycles. The maximum absolute atomic E-state index is 14.4. The number of nitrogens with zero attached hydrogens (tertiary/aromatic N) is 1. The third kappa shape index (κ3) is 4.67. The molecule has 7 heteroatoms. The van der Waals surface area contributed by atoms with Crippen molar-refractivity contribution < 1.29 is 28.2 Å². The Bertz CT molecular complexity index is 1170. The minimum absolute atomic E-state index is 0.0274. The van der Waals surface area contributed by atoms with E-state index >= 15 is 0 Å². The molecule has 0 bridgehead atoms. The van der Waals surface area contributed by atoms with Crippen LogP contribution in [0.1, 0.15) is 15.9 Å². The maximum atomic E-state index is 14.4. The summed E-state index contributed by atoms with van der Waals surface area (Å²) in [4.78, 5) is 25.9. The summed E-state index contributed by atoms with van der Waals surface area (Å²) in [6.45, 7) is 1.37. The first-order valence-corrected chi connectivity index (χ1v) is 10.8. The first-order valence-electron chi connectivity index (χ1n) is 10.8. The van der Waals surface area contributed by atoms with E-state index in [1.807, 2.05) is 54.6 Å². The molecule has 1 fully saturated rings. The third-order valence-corrected chi connectivity index (χ3v) is 5.69. The monoisotopic (exact) mass is 447 g/mol. The number of hydrogen-bond acceptors (Lipinski definition) is 5. The molecule has 0 N–H and O–H groups in total. The van der Waals surface area contributed by atoms with Crippen LogP contribution in [0.25, 0.3) is 0 Å². The normalized spacial score (nSPS) is 15.3. The maximum Gasteiger partial charge on any atom is 0.256 e. The topological polar surface area (TPSA) is 65.1 Å². The Morgan fingerprint density at radius 3 is 2.45 bits per heavy atom. The van der Waals surface area contributed by atoms with Crippen LogP contribution in [0.4, 0.5) is 4.39 Å². The molecule has 2 aliphatic rings. The number of halogens is 1. The Hall–Kier alpha value is -3.87. The van der Waals surface area contributed by atoms with Crippen molar-refractivity contribution >= 4 is 11.7 Å². The lowest BCUT2D eigenvalue weighted by Gasteiger charge is -2.39. The highest BCUT2D eigenvalue weighted by molar-refractivity contribution is 5.96. The van der Waals surface area contributed by atoms with Crippen LogP contribution in [0.5, 0.6) is 23.0 Å². The molecule has 3 aromatic carbocycles. The summed E-state index contributed by atoms with van der Waals surface area (Å²) in [5.74, 6) is 1.59. The molecule has 5 rings (SSSR count). The Labute approximate surface area is 190 Å². The van der Waals surface area contributed by atoms with E-state index in [0.29, 0.717) is 42.5 Å². The van der Waals surface area contributed by atoms with E-state index in [1.54, 1.807) is 4.90 Å². The van der Waals surface area contributed by atoms with Crippen LogP contribution in [0.2, 0.25) is 0 Å². The third-order valence-electron chi connectivity index (χ3n) is 5.69. The number of fused-ring (bicyclic) bond motifs is 1. The molecule has 1 amide bonds. The van der Waals surface area contributed by atoms with Gasteiger partial charge in [0.1, 0.15) is 35.4 Å². The largest absolute Gasteiger partial charge is 0.493 e. The van der Waals surface area contributed by atoms with Crippen LogP contribution < -0.4 is 14.2 Å². The number of carbonyl (C=O) groups is 2. The number of ether oxygens (including phenoxy) is 3. The molecule has 0 atom stereocenters. The fourth-order valence-corrected chi connectivity index (χ4v) is 3.91. The quantitative estimate of drug-likeness (QED) is 0.565. The van der Waals surface area contributed by atoms with E-state index in [-0.39, 0.29) is 36.2 Å². The second kappa shape index (κ2) is 8.94. The highest BCUT2D eigenvalue weighted by Crippen LogP contribution is 2.29. The number of hydrogen-bond donors (Lipinski definition) is 0. The van der Waals surface area contributed by atoms with Crippen LogP contribution in [-0.2, 0) is 11.2 Å². The average Bonchev–Trinajstić information content (AvgIpc) is 2.79. The number of ketones is 1. The van der Waals surface area contributed by atoms with E-state index in [2.05, 4.69) is 0 Å². The lowest BCUT2D eigenvalue weighted by molar-refractivity contribution is -0.121. The summed E-state index contributed by atoms with van der Waals surface area (Å²) in [5.41, 5.74) is 0.525. The fraction of sp³-hybridized carbons (Fsp3) is 0.231. The van der Waals surface area contributed by atoms with E-state index in [1.165, 1.54) is 12.1 Å². The molecule has 0 aliphatic carbocycles. The average molecular weight is 447 g/mol. The van der Waals surface area contributed by atoms with Gasteiger partial charge in [0.05, 0.1) is 12.2 Å². The number of carbonyl (C=O) groups excluding carboxylic acids is 2. The molecule has 2 heterocycles. The number of benzene rings is 3. The van der Waals surface area contributed by atoms with Gasteiger partial charge in [0.15, 0.2) is 5.78 Å². The first-order chi connectivity index (χ1) is 16.0. The zero-order valence-electron chi connectivity index (χ0n) is 17.8. The predicted octanol–water partition coefficient (Wildman–Crippen LogP) is 4.27. The molecule has 33 heavy (non-hydrogen) atoms. The lowest BCUT2D eigenvalue weighted by atomic mass is 9.97.